The fourth-order valence-electron chi connectivity index (χ4n) is 1.48. The molecular formula is C10H13N3. The summed E-state index contributed by atoms with van der Waals surface area (Å²) in [5, 5.41) is 10.8. The van der Waals surface area contributed by atoms with Crippen LogP contribution in [-0.4, -0.2) is 15.4 Å². The molecule has 1 N–H and O–H groups in total. The molecule has 0 fully saturated rings. The monoisotopic (exact) mass is 175 g/mol. The van der Waals surface area contributed by atoms with Gasteiger partial charge in [-0.15, -0.1) is 0 Å². The molecule has 0 spiro atoms. The smallest absolute Gasteiger partial charge is 0.115 e. The van der Waals surface area contributed by atoms with E-state index in [0.29, 0.717) is 5.92 Å². The Morgan fingerprint density at radius 3 is 2.69 bits per heavy atom. The van der Waals surface area contributed by atoms with E-state index in [0.717, 1.165) is 11.0 Å². The first-order valence-electron chi connectivity index (χ1n) is 4.49. The van der Waals surface area contributed by atoms with Gasteiger partial charge in [0.2, 0.25) is 0 Å². The minimum atomic E-state index is 0.541. The Labute approximate surface area is 77.2 Å². The molecule has 0 radical (unpaired) electrons. The Morgan fingerprint density at radius 1 is 1.23 bits per heavy atom. The number of hydrogen-bond acceptors (Lipinski definition) is 2. The van der Waals surface area contributed by atoms with E-state index in [1.54, 1.807) is 0 Å². The predicted octanol–water partition coefficient (Wildman–Crippen LogP) is 2.39. The quantitative estimate of drug-likeness (QED) is 0.723. The fourth-order valence-corrected chi connectivity index (χ4v) is 1.48. The number of aromatic nitrogens is 3. The first kappa shape index (κ1) is 8.23. The molecule has 3 nitrogen and oxygen atoms in total. The van der Waals surface area contributed by atoms with E-state index >= 15 is 0 Å². The summed E-state index contributed by atoms with van der Waals surface area (Å²) in [6.07, 6.45) is 0. The number of rotatable bonds is 1. The van der Waals surface area contributed by atoms with Crippen molar-refractivity contribution >= 4 is 11.0 Å². The van der Waals surface area contributed by atoms with Gasteiger partial charge in [-0.25, -0.2) is 0 Å². The van der Waals surface area contributed by atoms with E-state index in [9.17, 15) is 0 Å². The zero-order chi connectivity index (χ0) is 9.42. The Kier molecular flexibility index (Phi) is 1.79. The predicted molar refractivity (Wildman–Crippen MR) is 52.7 cm³/mol. The van der Waals surface area contributed by atoms with Crippen molar-refractivity contribution in [1.82, 2.24) is 15.4 Å². The number of aromatic amines is 1. The van der Waals surface area contributed by atoms with Crippen molar-refractivity contribution in [3.63, 3.8) is 0 Å². The van der Waals surface area contributed by atoms with E-state index in [4.69, 9.17) is 0 Å². The van der Waals surface area contributed by atoms with Crippen molar-refractivity contribution in [1.29, 1.82) is 0 Å². The third-order valence-electron chi connectivity index (χ3n) is 2.30. The van der Waals surface area contributed by atoms with Crippen LogP contribution in [0.3, 0.4) is 0 Å². The molecule has 1 heterocycles. The van der Waals surface area contributed by atoms with Gasteiger partial charge in [-0.05, 0) is 30.0 Å². The van der Waals surface area contributed by atoms with E-state index in [1.807, 2.05) is 0 Å². The summed E-state index contributed by atoms with van der Waals surface area (Å²) in [5.74, 6) is 0.541. The van der Waals surface area contributed by atoms with Crippen LogP contribution in [0.15, 0.2) is 12.1 Å². The molecule has 1 aromatic heterocycles. The molecule has 0 aliphatic rings. The van der Waals surface area contributed by atoms with Crippen molar-refractivity contribution < 1.29 is 0 Å². The van der Waals surface area contributed by atoms with Crippen LogP contribution in [0.5, 0.6) is 0 Å². The molecule has 13 heavy (non-hydrogen) atoms. The Bertz CT molecular complexity index is 429. The summed E-state index contributed by atoms with van der Waals surface area (Å²) in [7, 11) is 0. The summed E-state index contributed by atoms with van der Waals surface area (Å²) >= 11 is 0. The lowest BCUT2D eigenvalue weighted by Gasteiger charge is -2.05. The summed E-state index contributed by atoms with van der Waals surface area (Å²) in [6.45, 7) is 6.43. The van der Waals surface area contributed by atoms with Crippen LogP contribution in [0.25, 0.3) is 11.0 Å². The van der Waals surface area contributed by atoms with E-state index in [1.165, 1.54) is 11.1 Å². The summed E-state index contributed by atoms with van der Waals surface area (Å²) in [6, 6.07) is 4.27. The van der Waals surface area contributed by atoms with Gasteiger partial charge in [0.05, 0.1) is 0 Å². The minimum Gasteiger partial charge on any atom is -0.197 e. The molecule has 68 valence electrons. The number of benzene rings is 1. The third kappa shape index (κ3) is 1.30. The number of aryl methyl sites for hydroxylation is 1. The second-order valence-electron chi connectivity index (χ2n) is 3.68. The maximum atomic E-state index is 4.09. The minimum absolute atomic E-state index is 0.541. The lowest BCUT2D eigenvalue weighted by Crippen LogP contribution is -1.89. The van der Waals surface area contributed by atoms with Gasteiger partial charge in [-0.1, -0.05) is 19.9 Å². The maximum Gasteiger partial charge on any atom is 0.115 e. The van der Waals surface area contributed by atoms with Crippen LogP contribution in [0.1, 0.15) is 30.9 Å². The van der Waals surface area contributed by atoms with Crippen molar-refractivity contribution in [2.75, 3.05) is 0 Å². The van der Waals surface area contributed by atoms with Crippen LogP contribution in [0.4, 0.5) is 0 Å². The van der Waals surface area contributed by atoms with Crippen LogP contribution in [0.2, 0.25) is 0 Å². The molecule has 0 aliphatic heterocycles. The van der Waals surface area contributed by atoms with Gasteiger partial charge in [-0.3, -0.25) is 0 Å². The van der Waals surface area contributed by atoms with Crippen molar-refractivity contribution in [3.05, 3.63) is 23.3 Å². The standard InChI is InChI=1S/C10H13N3/c1-6(2)8-4-7(3)10-9(5-8)11-13-12-10/h4-6H,1-3H3,(H,11,12,13). The Balaban J connectivity index is 2.70. The SMILES string of the molecule is Cc1cc(C(C)C)cc2n[nH]nc12. The fraction of sp³-hybridized carbons (Fsp3) is 0.400. The second-order valence-corrected chi connectivity index (χ2v) is 3.68. The van der Waals surface area contributed by atoms with Crippen LogP contribution < -0.4 is 0 Å². The van der Waals surface area contributed by atoms with Gasteiger partial charge in [0, 0.05) is 0 Å². The molecule has 3 heteroatoms. The van der Waals surface area contributed by atoms with E-state index in [-0.39, 0.29) is 0 Å². The van der Waals surface area contributed by atoms with E-state index in [2.05, 4.69) is 48.3 Å². The number of fused-ring (bicyclic) bond motifs is 1. The summed E-state index contributed by atoms with van der Waals surface area (Å²) in [4.78, 5) is 0. The summed E-state index contributed by atoms with van der Waals surface area (Å²) in [5.41, 5.74) is 4.45. The molecule has 0 saturated heterocycles. The average Bonchev–Trinajstić information content (AvgIpc) is 2.51. The van der Waals surface area contributed by atoms with E-state index < -0.39 is 0 Å². The largest absolute Gasteiger partial charge is 0.197 e. The lowest BCUT2D eigenvalue weighted by molar-refractivity contribution is 0.866. The third-order valence-corrected chi connectivity index (χ3v) is 2.30. The van der Waals surface area contributed by atoms with Crippen LogP contribution in [-0.2, 0) is 0 Å². The number of H-pyrrole nitrogens is 1. The number of nitrogens with zero attached hydrogens (tertiary/aromatic N) is 2. The highest BCUT2D eigenvalue weighted by atomic mass is 15.3. The highest BCUT2D eigenvalue weighted by molar-refractivity contribution is 5.78. The molecule has 0 atom stereocenters. The zero-order valence-electron chi connectivity index (χ0n) is 8.13. The topological polar surface area (TPSA) is 41.6 Å². The number of hydrogen-bond donors (Lipinski definition) is 1. The van der Waals surface area contributed by atoms with Crippen molar-refractivity contribution in [2.24, 2.45) is 0 Å². The van der Waals surface area contributed by atoms with Crippen LogP contribution >= 0.6 is 0 Å². The zero-order valence-corrected chi connectivity index (χ0v) is 8.13. The van der Waals surface area contributed by atoms with Gasteiger partial charge < -0.3 is 0 Å². The van der Waals surface area contributed by atoms with Gasteiger partial charge in [0.25, 0.3) is 0 Å². The molecule has 0 bridgehead atoms. The molecule has 2 aromatic rings. The molecule has 0 aliphatic carbocycles. The first-order chi connectivity index (χ1) is 6.18. The molecule has 1 aromatic carbocycles. The Morgan fingerprint density at radius 2 is 2.00 bits per heavy atom. The van der Waals surface area contributed by atoms with Crippen LogP contribution in [0, 0.1) is 6.92 Å². The van der Waals surface area contributed by atoms with Gasteiger partial charge in [-0.2, -0.15) is 15.4 Å². The maximum absolute atomic E-state index is 4.09. The Hall–Kier alpha value is -1.38. The average molecular weight is 175 g/mol. The van der Waals surface area contributed by atoms with Gasteiger partial charge in [0.1, 0.15) is 11.0 Å². The van der Waals surface area contributed by atoms with Gasteiger partial charge in [0.15, 0.2) is 0 Å². The summed E-state index contributed by atoms with van der Waals surface area (Å²) < 4.78 is 0. The van der Waals surface area contributed by atoms with Crippen molar-refractivity contribution in [3.8, 4) is 0 Å². The second kappa shape index (κ2) is 2.83. The lowest BCUT2D eigenvalue weighted by atomic mass is 10.0. The molecular weight excluding hydrogens is 162 g/mol. The molecule has 2 rings (SSSR count). The normalized spacial score (nSPS) is 11.4. The first-order valence-corrected chi connectivity index (χ1v) is 4.49. The highest BCUT2D eigenvalue weighted by Gasteiger charge is 2.06. The van der Waals surface area contributed by atoms with Gasteiger partial charge >= 0.3 is 0 Å². The molecule has 0 unspecified atom stereocenters. The molecule has 0 saturated carbocycles. The molecule has 0 amide bonds. The number of nitrogens with one attached hydrogen (secondary N) is 1. The highest BCUT2D eigenvalue weighted by Crippen LogP contribution is 2.21. The van der Waals surface area contributed by atoms with Crippen molar-refractivity contribution in [2.45, 2.75) is 26.7 Å².